The number of carbonyl (C=O) groups excluding carboxylic acids is 2. The number of amides is 2. The van der Waals surface area contributed by atoms with Gasteiger partial charge in [-0.15, -0.1) is 0 Å². The number of primary amides is 1. The first kappa shape index (κ1) is 24.2. The van der Waals surface area contributed by atoms with E-state index >= 15 is 0 Å². The largest absolute Gasteiger partial charge is 0.390 e. The van der Waals surface area contributed by atoms with E-state index in [1.165, 1.54) is 12.1 Å². The fourth-order valence-corrected chi connectivity index (χ4v) is 7.59. The topological polar surface area (TPSA) is 112 Å². The molecular formula is C28H34FN5O3. The maximum Gasteiger partial charge on any atom is 0.270 e. The monoisotopic (exact) mass is 507 g/mol. The Kier molecular flexibility index (Phi) is 5.86. The minimum atomic E-state index is -0.780. The first-order valence-corrected chi connectivity index (χ1v) is 13.3. The number of nitrogens with zero attached hydrogens (tertiary/aromatic N) is 3. The zero-order valence-corrected chi connectivity index (χ0v) is 21.1. The van der Waals surface area contributed by atoms with E-state index in [4.69, 9.17) is 10.7 Å². The molecule has 4 aliphatic carbocycles. The minimum Gasteiger partial charge on any atom is -0.390 e. The van der Waals surface area contributed by atoms with Crippen LogP contribution in [0.1, 0.15) is 59.9 Å². The van der Waals surface area contributed by atoms with Crippen LogP contribution in [0.15, 0.2) is 36.4 Å². The van der Waals surface area contributed by atoms with Crippen molar-refractivity contribution in [3.8, 4) is 0 Å². The van der Waals surface area contributed by atoms with Crippen molar-refractivity contribution in [3.05, 3.63) is 53.5 Å². The average molecular weight is 508 g/mol. The molecule has 1 aliphatic heterocycles. The van der Waals surface area contributed by atoms with Crippen molar-refractivity contribution >= 4 is 23.3 Å². The Morgan fingerprint density at radius 2 is 1.89 bits per heavy atom. The van der Waals surface area contributed by atoms with Gasteiger partial charge in [-0.1, -0.05) is 6.07 Å². The van der Waals surface area contributed by atoms with Gasteiger partial charge in [-0.3, -0.25) is 9.59 Å². The lowest BCUT2D eigenvalue weighted by Gasteiger charge is -2.58. The average Bonchev–Trinajstić information content (AvgIpc) is 2.85. The van der Waals surface area contributed by atoms with Crippen LogP contribution in [0, 0.1) is 23.6 Å². The molecule has 5 fully saturated rings. The lowest BCUT2D eigenvalue weighted by Crippen LogP contribution is -2.61. The minimum absolute atomic E-state index is 0.0728. The molecule has 4 bridgehead atoms. The fraction of sp³-hybridized carbons (Fsp3) is 0.536. The molecule has 2 heterocycles. The third-order valence-corrected chi connectivity index (χ3v) is 9.01. The molecule has 0 spiro atoms. The van der Waals surface area contributed by atoms with Crippen LogP contribution >= 0.6 is 0 Å². The fourth-order valence-electron chi connectivity index (χ4n) is 7.59. The van der Waals surface area contributed by atoms with E-state index in [9.17, 15) is 19.1 Å². The Morgan fingerprint density at radius 3 is 2.54 bits per heavy atom. The highest BCUT2D eigenvalue weighted by Crippen LogP contribution is 2.55. The number of benzene rings is 1. The molecule has 196 valence electrons. The van der Waals surface area contributed by atoms with Gasteiger partial charge in [-0.25, -0.2) is 9.37 Å². The number of halogens is 1. The second kappa shape index (κ2) is 8.97. The third-order valence-electron chi connectivity index (χ3n) is 9.01. The van der Waals surface area contributed by atoms with Gasteiger partial charge in [0.1, 0.15) is 17.3 Å². The molecule has 0 radical (unpaired) electrons. The molecule has 4 N–H and O–H groups in total. The number of nitrogens with two attached hydrogens (primary N) is 1. The van der Waals surface area contributed by atoms with Gasteiger partial charge in [-0.2, -0.15) is 0 Å². The highest BCUT2D eigenvalue weighted by atomic mass is 19.1. The van der Waals surface area contributed by atoms with E-state index in [0.717, 1.165) is 37.9 Å². The molecule has 1 aromatic heterocycles. The lowest BCUT2D eigenvalue weighted by atomic mass is 9.52. The van der Waals surface area contributed by atoms with Crippen LogP contribution in [0.5, 0.6) is 0 Å². The number of rotatable bonds is 5. The molecule has 4 saturated carbocycles. The summed E-state index contributed by atoms with van der Waals surface area (Å²) in [4.78, 5) is 33.6. The first-order chi connectivity index (χ1) is 17.7. The molecule has 5 aliphatic rings. The molecule has 37 heavy (non-hydrogen) atoms. The highest BCUT2D eigenvalue weighted by molar-refractivity contribution is 5.93. The van der Waals surface area contributed by atoms with Crippen molar-refractivity contribution in [1.82, 2.24) is 10.3 Å². The maximum atomic E-state index is 14.3. The van der Waals surface area contributed by atoms with Crippen molar-refractivity contribution < 1.29 is 19.1 Å². The number of anilines is 2. The molecule has 2 unspecified atom stereocenters. The van der Waals surface area contributed by atoms with Gasteiger partial charge in [0.05, 0.1) is 11.2 Å². The van der Waals surface area contributed by atoms with Crippen LogP contribution in [-0.4, -0.2) is 59.2 Å². The summed E-state index contributed by atoms with van der Waals surface area (Å²) in [5, 5.41) is 14.1. The first-order valence-electron chi connectivity index (χ1n) is 13.3. The molecule has 1 saturated heterocycles. The molecule has 9 heteroatoms. The molecule has 2 amide bonds. The summed E-state index contributed by atoms with van der Waals surface area (Å²) in [7, 11) is 0. The molecule has 8 nitrogen and oxygen atoms in total. The van der Waals surface area contributed by atoms with Crippen LogP contribution in [-0.2, 0) is 0 Å². The van der Waals surface area contributed by atoms with E-state index in [-0.39, 0.29) is 23.6 Å². The van der Waals surface area contributed by atoms with E-state index in [1.807, 2.05) is 12.1 Å². The van der Waals surface area contributed by atoms with Gasteiger partial charge in [0, 0.05) is 37.4 Å². The number of hydrogen-bond donors (Lipinski definition) is 3. The van der Waals surface area contributed by atoms with Crippen LogP contribution in [0.25, 0.3) is 0 Å². The predicted octanol–water partition coefficient (Wildman–Crippen LogP) is 2.70. The Morgan fingerprint density at radius 1 is 1.14 bits per heavy atom. The smallest absolute Gasteiger partial charge is 0.270 e. The Bertz CT molecular complexity index is 1220. The number of pyridine rings is 1. The van der Waals surface area contributed by atoms with Crippen molar-refractivity contribution in [3.63, 3.8) is 0 Å². The summed E-state index contributed by atoms with van der Waals surface area (Å²) in [6.07, 6.45) is 4.68. The molecule has 2 aromatic rings. The molecular weight excluding hydrogens is 473 g/mol. The number of nitrogens with one attached hydrogen (secondary N) is 1. The van der Waals surface area contributed by atoms with Gasteiger partial charge in [0.2, 0.25) is 0 Å². The molecule has 3 atom stereocenters. The number of piperazine rings is 1. The summed E-state index contributed by atoms with van der Waals surface area (Å²) in [6.45, 7) is 4.02. The van der Waals surface area contributed by atoms with E-state index in [2.05, 4.69) is 22.0 Å². The number of aromatic nitrogens is 1. The van der Waals surface area contributed by atoms with Crippen LogP contribution in [0.3, 0.4) is 0 Å². The van der Waals surface area contributed by atoms with Crippen LogP contribution in [0.4, 0.5) is 15.9 Å². The van der Waals surface area contributed by atoms with Gasteiger partial charge >= 0.3 is 0 Å². The van der Waals surface area contributed by atoms with Gasteiger partial charge in [0.25, 0.3) is 11.8 Å². The lowest BCUT2D eigenvalue weighted by molar-refractivity contribution is -0.136. The Balaban J connectivity index is 1.12. The summed E-state index contributed by atoms with van der Waals surface area (Å²) in [5.74, 6) is 0.482. The Hall–Kier alpha value is -3.20. The number of hydrogen-bond acceptors (Lipinski definition) is 6. The second-order valence-electron chi connectivity index (χ2n) is 11.6. The third kappa shape index (κ3) is 4.43. The molecule has 7 rings (SSSR count). The number of carbonyl (C=O) groups is 2. The van der Waals surface area contributed by atoms with Gasteiger partial charge in [-0.05, 0) is 87.1 Å². The summed E-state index contributed by atoms with van der Waals surface area (Å²) >= 11 is 0. The second-order valence-corrected chi connectivity index (χ2v) is 11.6. The zero-order valence-electron chi connectivity index (χ0n) is 21.1. The maximum absolute atomic E-state index is 14.3. The SMILES string of the molecule is C[C@@H]1CN(c2ccc(C(N)=O)c(F)c2)CCN1c1cccc(C(=O)NC2C3CC4CC2CC(O)(C4)C3)n1. The van der Waals surface area contributed by atoms with E-state index in [1.54, 1.807) is 12.1 Å². The predicted molar refractivity (Wildman–Crippen MR) is 138 cm³/mol. The Labute approximate surface area is 216 Å². The van der Waals surface area contributed by atoms with Crippen molar-refractivity contribution in [2.45, 2.75) is 56.7 Å². The zero-order chi connectivity index (χ0) is 25.9. The van der Waals surface area contributed by atoms with Crippen LogP contribution in [0.2, 0.25) is 0 Å². The van der Waals surface area contributed by atoms with Crippen molar-refractivity contribution in [1.29, 1.82) is 0 Å². The normalized spacial score (nSPS) is 32.5. The van der Waals surface area contributed by atoms with Gasteiger partial charge < -0.3 is 26.0 Å². The summed E-state index contributed by atoms with van der Waals surface area (Å²) in [5.41, 5.74) is 5.70. The van der Waals surface area contributed by atoms with Crippen molar-refractivity contribution in [2.75, 3.05) is 29.4 Å². The van der Waals surface area contributed by atoms with Crippen LogP contribution < -0.4 is 20.9 Å². The van der Waals surface area contributed by atoms with Crippen molar-refractivity contribution in [2.24, 2.45) is 23.5 Å². The number of aliphatic hydroxyl groups is 1. The summed E-state index contributed by atoms with van der Waals surface area (Å²) in [6, 6.07) is 10.2. The standard InChI is InChI=1S/C28H34FN5O3/c1-16-15-33(20-5-6-21(26(30)35)22(29)11-20)7-8-34(16)24-4-2-3-23(31-24)27(36)32-25-18-9-17-10-19(25)14-28(37,12-17)13-18/h2-6,11,16-19,25,37H,7-10,12-15H2,1H3,(H2,30,35)(H,32,36)/t16-,17?,18?,19?,25?,28?/m1/s1. The molecule has 1 aromatic carbocycles. The van der Waals surface area contributed by atoms with E-state index < -0.39 is 17.3 Å². The highest BCUT2D eigenvalue weighted by Gasteiger charge is 2.55. The van der Waals surface area contributed by atoms with E-state index in [0.29, 0.717) is 48.8 Å². The summed E-state index contributed by atoms with van der Waals surface area (Å²) < 4.78 is 14.3. The van der Waals surface area contributed by atoms with Gasteiger partial charge in [0.15, 0.2) is 0 Å². The quantitative estimate of drug-likeness (QED) is 0.574.